The third-order valence-electron chi connectivity index (χ3n) is 3.88. The SMILES string of the molecule is CCCNC(Cc1cc(OC)ccc1Br)C1CCSC1. The van der Waals surface area contributed by atoms with Gasteiger partial charge in [0.05, 0.1) is 7.11 Å². The zero-order valence-electron chi connectivity index (χ0n) is 12.3. The van der Waals surface area contributed by atoms with Crippen molar-refractivity contribution in [1.29, 1.82) is 0 Å². The summed E-state index contributed by atoms with van der Waals surface area (Å²) in [7, 11) is 1.73. The van der Waals surface area contributed by atoms with Crippen LogP contribution in [0.2, 0.25) is 0 Å². The Morgan fingerprint density at radius 3 is 3.00 bits per heavy atom. The molecular weight excluding hydrogens is 334 g/mol. The maximum atomic E-state index is 5.35. The third kappa shape index (κ3) is 4.40. The first-order chi connectivity index (χ1) is 9.74. The smallest absolute Gasteiger partial charge is 0.119 e. The number of ether oxygens (including phenoxy) is 1. The number of hydrogen-bond acceptors (Lipinski definition) is 3. The molecule has 2 atom stereocenters. The molecule has 1 aliphatic heterocycles. The van der Waals surface area contributed by atoms with E-state index in [4.69, 9.17) is 4.74 Å². The second-order valence-corrected chi connectivity index (χ2v) is 7.35. The summed E-state index contributed by atoms with van der Waals surface area (Å²) in [4.78, 5) is 0. The average molecular weight is 358 g/mol. The predicted octanol–water partition coefficient (Wildman–Crippen LogP) is 4.12. The fraction of sp³-hybridized carbons (Fsp3) is 0.625. The van der Waals surface area contributed by atoms with Gasteiger partial charge in [-0.05, 0) is 67.0 Å². The molecule has 0 radical (unpaired) electrons. The first kappa shape index (κ1) is 16.2. The van der Waals surface area contributed by atoms with Crippen molar-refractivity contribution in [2.75, 3.05) is 25.2 Å². The number of hydrogen-bond donors (Lipinski definition) is 1. The zero-order chi connectivity index (χ0) is 14.4. The molecule has 2 unspecified atom stereocenters. The fourth-order valence-electron chi connectivity index (χ4n) is 2.68. The lowest BCUT2D eigenvalue weighted by Crippen LogP contribution is -2.38. The Bertz CT molecular complexity index is 421. The maximum absolute atomic E-state index is 5.35. The third-order valence-corrected chi connectivity index (χ3v) is 5.85. The van der Waals surface area contributed by atoms with Gasteiger partial charge >= 0.3 is 0 Å². The molecular formula is C16H24BrNOS. The molecule has 2 nitrogen and oxygen atoms in total. The number of methoxy groups -OCH3 is 1. The molecule has 0 bridgehead atoms. The van der Waals surface area contributed by atoms with Crippen molar-refractivity contribution < 1.29 is 4.74 Å². The minimum atomic E-state index is 0.577. The van der Waals surface area contributed by atoms with Crippen LogP contribution in [-0.4, -0.2) is 31.2 Å². The predicted molar refractivity (Wildman–Crippen MR) is 91.9 cm³/mol. The van der Waals surface area contributed by atoms with Gasteiger partial charge in [0.2, 0.25) is 0 Å². The Morgan fingerprint density at radius 1 is 1.50 bits per heavy atom. The summed E-state index contributed by atoms with van der Waals surface area (Å²) in [6.07, 6.45) is 3.60. The van der Waals surface area contributed by atoms with Gasteiger partial charge in [-0.2, -0.15) is 11.8 Å². The highest BCUT2D eigenvalue weighted by Gasteiger charge is 2.25. The van der Waals surface area contributed by atoms with E-state index in [0.29, 0.717) is 6.04 Å². The van der Waals surface area contributed by atoms with Crippen LogP contribution in [0.15, 0.2) is 22.7 Å². The van der Waals surface area contributed by atoms with E-state index in [1.165, 1.54) is 34.4 Å². The van der Waals surface area contributed by atoms with Crippen LogP contribution in [-0.2, 0) is 6.42 Å². The van der Waals surface area contributed by atoms with E-state index in [0.717, 1.165) is 24.6 Å². The zero-order valence-corrected chi connectivity index (χ0v) is 14.7. The topological polar surface area (TPSA) is 21.3 Å². The lowest BCUT2D eigenvalue weighted by Gasteiger charge is -2.25. The Hall–Kier alpha value is -0.190. The van der Waals surface area contributed by atoms with Crippen LogP contribution in [0, 0.1) is 5.92 Å². The van der Waals surface area contributed by atoms with E-state index in [1.54, 1.807) is 7.11 Å². The minimum Gasteiger partial charge on any atom is -0.497 e. The Morgan fingerprint density at radius 2 is 2.35 bits per heavy atom. The molecule has 1 aliphatic rings. The molecule has 112 valence electrons. The molecule has 20 heavy (non-hydrogen) atoms. The van der Waals surface area contributed by atoms with Gasteiger partial charge in [-0.15, -0.1) is 0 Å². The summed E-state index contributed by atoms with van der Waals surface area (Å²) in [6, 6.07) is 6.84. The first-order valence-electron chi connectivity index (χ1n) is 7.38. The van der Waals surface area contributed by atoms with Crippen molar-refractivity contribution >= 4 is 27.7 Å². The van der Waals surface area contributed by atoms with Crippen molar-refractivity contribution in [3.63, 3.8) is 0 Å². The Kier molecular flexibility index (Phi) is 6.72. The van der Waals surface area contributed by atoms with Crippen LogP contribution < -0.4 is 10.1 Å². The maximum Gasteiger partial charge on any atom is 0.119 e. The molecule has 1 aromatic rings. The molecule has 2 rings (SSSR count). The van der Waals surface area contributed by atoms with Gasteiger partial charge in [0.1, 0.15) is 5.75 Å². The summed E-state index contributed by atoms with van der Waals surface area (Å²) in [5.74, 6) is 4.35. The van der Waals surface area contributed by atoms with E-state index in [1.807, 2.05) is 6.07 Å². The van der Waals surface area contributed by atoms with E-state index in [-0.39, 0.29) is 0 Å². The molecule has 1 aromatic carbocycles. The minimum absolute atomic E-state index is 0.577. The van der Waals surface area contributed by atoms with Crippen molar-refractivity contribution in [3.8, 4) is 5.75 Å². The first-order valence-corrected chi connectivity index (χ1v) is 9.33. The fourth-order valence-corrected chi connectivity index (χ4v) is 4.42. The average Bonchev–Trinajstić information content (AvgIpc) is 2.99. The summed E-state index contributed by atoms with van der Waals surface area (Å²) >= 11 is 5.77. The summed E-state index contributed by atoms with van der Waals surface area (Å²) in [6.45, 7) is 3.34. The van der Waals surface area contributed by atoms with Crippen LogP contribution in [0.3, 0.4) is 0 Å². The Labute approximate surface area is 135 Å². The van der Waals surface area contributed by atoms with Crippen LogP contribution in [0.5, 0.6) is 5.75 Å². The van der Waals surface area contributed by atoms with Gasteiger partial charge in [0.25, 0.3) is 0 Å². The lowest BCUT2D eigenvalue weighted by atomic mass is 9.92. The summed E-state index contributed by atoms with van der Waals surface area (Å²) < 4.78 is 6.54. The lowest BCUT2D eigenvalue weighted by molar-refractivity contribution is 0.378. The molecule has 0 saturated carbocycles. The van der Waals surface area contributed by atoms with Gasteiger partial charge in [-0.3, -0.25) is 0 Å². The standard InChI is InChI=1S/C16H24BrNOS/c1-3-7-18-16(12-6-8-20-11-12)10-13-9-14(19-2)4-5-15(13)17/h4-5,9,12,16,18H,3,6-8,10-11H2,1-2H3. The van der Waals surface area contributed by atoms with Gasteiger partial charge in [-0.1, -0.05) is 22.9 Å². The summed E-state index contributed by atoms with van der Waals surface area (Å²) in [5.41, 5.74) is 1.34. The van der Waals surface area contributed by atoms with E-state index < -0.39 is 0 Å². The molecule has 0 aliphatic carbocycles. The highest BCUT2D eigenvalue weighted by Crippen LogP contribution is 2.30. The molecule has 0 aromatic heterocycles. The van der Waals surface area contributed by atoms with E-state index >= 15 is 0 Å². The number of thioether (sulfide) groups is 1. The van der Waals surface area contributed by atoms with Crippen molar-refractivity contribution in [2.45, 2.75) is 32.2 Å². The number of nitrogens with one attached hydrogen (secondary N) is 1. The number of halogens is 1. The monoisotopic (exact) mass is 357 g/mol. The quantitative estimate of drug-likeness (QED) is 0.792. The van der Waals surface area contributed by atoms with Crippen molar-refractivity contribution in [1.82, 2.24) is 5.32 Å². The van der Waals surface area contributed by atoms with Gasteiger partial charge in [0.15, 0.2) is 0 Å². The molecule has 1 fully saturated rings. The van der Waals surface area contributed by atoms with Gasteiger partial charge < -0.3 is 10.1 Å². The Balaban J connectivity index is 2.09. The highest BCUT2D eigenvalue weighted by molar-refractivity contribution is 9.10. The van der Waals surface area contributed by atoms with Crippen LogP contribution in [0.1, 0.15) is 25.3 Å². The molecule has 1 heterocycles. The van der Waals surface area contributed by atoms with Gasteiger partial charge in [0, 0.05) is 10.5 Å². The highest BCUT2D eigenvalue weighted by atomic mass is 79.9. The number of rotatable bonds is 7. The molecule has 1 N–H and O–H groups in total. The molecule has 0 spiro atoms. The largest absolute Gasteiger partial charge is 0.497 e. The van der Waals surface area contributed by atoms with Crippen molar-refractivity contribution in [3.05, 3.63) is 28.2 Å². The second-order valence-electron chi connectivity index (χ2n) is 5.35. The second kappa shape index (κ2) is 8.30. The van der Waals surface area contributed by atoms with Crippen molar-refractivity contribution in [2.24, 2.45) is 5.92 Å². The summed E-state index contributed by atoms with van der Waals surface area (Å²) in [5, 5.41) is 3.75. The molecule has 1 saturated heterocycles. The van der Waals surface area contributed by atoms with Crippen LogP contribution >= 0.6 is 27.7 Å². The molecule has 4 heteroatoms. The molecule has 0 amide bonds. The van der Waals surface area contributed by atoms with Gasteiger partial charge in [-0.25, -0.2) is 0 Å². The van der Waals surface area contributed by atoms with Crippen LogP contribution in [0.4, 0.5) is 0 Å². The number of benzene rings is 1. The van der Waals surface area contributed by atoms with E-state index in [9.17, 15) is 0 Å². The normalized spacial score (nSPS) is 20.1. The van der Waals surface area contributed by atoms with E-state index in [2.05, 4.69) is 52.1 Å². The van der Waals surface area contributed by atoms with Crippen LogP contribution in [0.25, 0.3) is 0 Å².